The third-order valence-electron chi connectivity index (χ3n) is 4.65. The number of hydrogen-bond acceptors (Lipinski definition) is 6. The van der Waals surface area contributed by atoms with Crippen molar-refractivity contribution in [3.05, 3.63) is 69.8 Å². The highest BCUT2D eigenvalue weighted by atomic mass is 32.2. The fraction of sp³-hybridized carbons (Fsp3) is 0.250. The van der Waals surface area contributed by atoms with Crippen molar-refractivity contribution in [3.63, 3.8) is 0 Å². The lowest BCUT2D eigenvalue weighted by Crippen LogP contribution is -2.41. The number of fused-ring (bicyclic) bond motifs is 3. The summed E-state index contributed by atoms with van der Waals surface area (Å²) in [4.78, 5) is 34.4. The average Bonchev–Trinajstić information content (AvgIpc) is 3.04. The molecule has 0 fully saturated rings. The van der Waals surface area contributed by atoms with Crippen LogP contribution < -0.4 is 0 Å². The lowest BCUT2D eigenvalue weighted by molar-refractivity contribution is -0.384. The van der Waals surface area contributed by atoms with Gasteiger partial charge in [-0.1, -0.05) is 49.9 Å². The van der Waals surface area contributed by atoms with Gasteiger partial charge in [0.05, 0.1) is 10.6 Å². The summed E-state index contributed by atoms with van der Waals surface area (Å²) in [5.74, 6) is 1.23. The number of nitro groups is 1. The van der Waals surface area contributed by atoms with E-state index in [0.717, 1.165) is 16.8 Å². The van der Waals surface area contributed by atoms with Crippen LogP contribution in [0.15, 0.2) is 58.5 Å². The maximum absolute atomic E-state index is 13.0. The molecule has 1 amide bonds. The summed E-state index contributed by atoms with van der Waals surface area (Å²) in [7, 11) is 0. The molecule has 7 nitrogen and oxygen atoms in total. The van der Waals surface area contributed by atoms with Crippen LogP contribution in [0.25, 0.3) is 0 Å². The molecule has 0 aliphatic carbocycles. The summed E-state index contributed by atoms with van der Waals surface area (Å²) < 4.78 is 0. The molecular formula is C20H18N4O3S. The molecule has 2 aliphatic heterocycles. The van der Waals surface area contributed by atoms with E-state index in [4.69, 9.17) is 4.99 Å². The van der Waals surface area contributed by atoms with Crippen molar-refractivity contribution >= 4 is 40.0 Å². The Bertz CT molecular complexity index is 1010. The van der Waals surface area contributed by atoms with Gasteiger partial charge in [-0.05, 0) is 23.6 Å². The Morgan fingerprint density at radius 3 is 2.57 bits per heavy atom. The summed E-state index contributed by atoms with van der Waals surface area (Å²) in [5.41, 5.74) is 2.63. The highest BCUT2D eigenvalue weighted by Gasteiger charge is 2.42. The molecular weight excluding hydrogens is 376 g/mol. The number of carbonyl (C=O) groups is 1. The topological polar surface area (TPSA) is 88.2 Å². The van der Waals surface area contributed by atoms with Crippen LogP contribution in [-0.4, -0.2) is 32.8 Å². The van der Waals surface area contributed by atoms with E-state index in [-0.39, 0.29) is 17.5 Å². The Morgan fingerprint density at radius 2 is 1.89 bits per heavy atom. The van der Waals surface area contributed by atoms with E-state index in [9.17, 15) is 14.9 Å². The Balaban J connectivity index is 1.63. The molecule has 1 atom stereocenters. The number of nitro benzene ring substituents is 1. The molecule has 0 unspecified atom stereocenters. The molecule has 2 heterocycles. The minimum Gasteiger partial charge on any atom is -0.271 e. The number of non-ortho nitro benzene ring substituents is 1. The van der Waals surface area contributed by atoms with E-state index in [0.29, 0.717) is 16.8 Å². The van der Waals surface area contributed by atoms with Gasteiger partial charge in [0.15, 0.2) is 5.17 Å². The molecule has 28 heavy (non-hydrogen) atoms. The zero-order valence-electron chi connectivity index (χ0n) is 15.4. The van der Waals surface area contributed by atoms with Gasteiger partial charge in [0, 0.05) is 23.4 Å². The molecule has 4 rings (SSSR count). The largest absolute Gasteiger partial charge is 0.271 e. The Hall–Kier alpha value is -3.00. The van der Waals surface area contributed by atoms with Crippen molar-refractivity contribution in [2.45, 2.75) is 25.6 Å². The highest BCUT2D eigenvalue weighted by molar-refractivity contribution is 8.13. The van der Waals surface area contributed by atoms with E-state index in [2.05, 4.69) is 4.99 Å². The van der Waals surface area contributed by atoms with Crippen LogP contribution >= 0.6 is 11.8 Å². The van der Waals surface area contributed by atoms with Gasteiger partial charge in [-0.25, -0.2) is 9.89 Å². The number of benzene rings is 2. The molecule has 2 aliphatic rings. The molecule has 0 aromatic heterocycles. The highest BCUT2D eigenvalue weighted by Crippen LogP contribution is 2.35. The molecule has 0 saturated heterocycles. The van der Waals surface area contributed by atoms with E-state index in [1.807, 2.05) is 38.1 Å². The molecule has 2 aromatic carbocycles. The predicted octanol–water partition coefficient (Wildman–Crippen LogP) is 4.14. The number of amidine groups is 2. The molecule has 0 N–H and O–H groups in total. The van der Waals surface area contributed by atoms with E-state index in [1.165, 1.54) is 23.9 Å². The Labute approximate surface area is 166 Å². The summed E-state index contributed by atoms with van der Waals surface area (Å²) >= 11 is 1.43. The van der Waals surface area contributed by atoms with Gasteiger partial charge < -0.3 is 0 Å². The fourth-order valence-electron chi connectivity index (χ4n) is 3.16. The van der Waals surface area contributed by atoms with Gasteiger partial charge in [-0.2, -0.15) is 0 Å². The molecule has 142 valence electrons. The fourth-order valence-corrected chi connectivity index (χ4v) is 4.12. The van der Waals surface area contributed by atoms with Gasteiger partial charge in [-0.3, -0.25) is 19.9 Å². The summed E-state index contributed by atoms with van der Waals surface area (Å²) in [6.45, 7) is 3.97. The monoisotopic (exact) mass is 394 g/mol. The Kier molecular flexibility index (Phi) is 4.72. The van der Waals surface area contributed by atoms with Crippen LogP contribution in [0.2, 0.25) is 0 Å². The first-order chi connectivity index (χ1) is 13.5. The van der Waals surface area contributed by atoms with Crippen molar-refractivity contribution < 1.29 is 9.72 Å². The molecule has 0 radical (unpaired) electrons. The number of hydrogen-bond donors (Lipinski definition) is 0. The van der Waals surface area contributed by atoms with Crippen molar-refractivity contribution in [1.29, 1.82) is 0 Å². The standard InChI is InChI=1S/C20H18N4O3S/c1-12(2)17-19(25)23-18(22-17)15-5-3-4-6-16(15)21-20(23)28-11-13-7-9-14(10-8-13)24(26)27/h3-10,12,17H,11H2,1-2H3/t17-/m0/s1. The first kappa shape index (κ1) is 18.4. The van der Waals surface area contributed by atoms with Gasteiger partial charge in [0.2, 0.25) is 0 Å². The zero-order chi connectivity index (χ0) is 19.8. The lowest BCUT2D eigenvalue weighted by Gasteiger charge is -2.25. The number of aliphatic imine (C=N–C) groups is 2. The number of amides is 1. The van der Waals surface area contributed by atoms with Crippen LogP contribution in [-0.2, 0) is 10.5 Å². The second kappa shape index (κ2) is 7.20. The normalized spacial score (nSPS) is 17.9. The second-order valence-electron chi connectivity index (χ2n) is 6.94. The molecule has 0 saturated carbocycles. The first-order valence-electron chi connectivity index (χ1n) is 8.91. The summed E-state index contributed by atoms with van der Waals surface area (Å²) in [6.07, 6.45) is 0. The maximum atomic E-state index is 13.0. The SMILES string of the molecule is CC(C)[C@@H]1N=C2c3ccccc3N=C(SCc3ccc([N+](=O)[O-])cc3)N2C1=O. The number of nitrogens with zero attached hydrogens (tertiary/aromatic N) is 4. The van der Waals surface area contributed by atoms with Crippen molar-refractivity contribution in [3.8, 4) is 0 Å². The smallest absolute Gasteiger partial charge is 0.269 e. The zero-order valence-corrected chi connectivity index (χ0v) is 16.2. The van der Waals surface area contributed by atoms with E-state index < -0.39 is 11.0 Å². The van der Waals surface area contributed by atoms with Crippen molar-refractivity contribution in [2.24, 2.45) is 15.9 Å². The van der Waals surface area contributed by atoms with Crippen molar-refractivity contribution in [1.82, 2.24) is 4.90 Å². The quantitative estimate of drug-likeness (QED) is 0.576. The van der Waals surface area contributed by atoms with Gasteiger partial charge >= 0.3 is 0 Å². The van der Waals surface area contributed by atoms with Crippen LogP contribution in [0.3, 0.4) is 0 Å². The maximum Gasteiger partial charge on any atom is 0.269 e. The molecule has 0 spiro atoms. The molecule has 2 aromatic rings. The number of thioether (sulfide) groups is 1. The third kappa shape index (κ3) is 3.20. The second-order valence-corrected chi connectivity index (χ2v) is 7.88. The van der Waals surface area contributed by atoms with E-state index in [1.54, 1.807) is 17.0 Å². The van der Waals surface area contributed by atoms with Crippen LogP contribution in [0.4, 0.5) is 11.4 Å². The molecule has 0 bridgehead atoms. The van der Waals surface area contributed by atoms with Gasteiger partial charge in [-0.15, -0.1) is 0 Å². The number of rotatable bonds is 4. The molecule has 8 heteroatoms. The number of carbonyl (C=O) groups excluding carboxylic acids is 1. The van der Waals surface area contributed by atoms with Gasteiger partial charge in [0.1, 0.15) is 11.9 Å². The third-order valence-corrected chi connectivity index (χ3v) is 5.66. The Morgan fingerprint density at radius 1 is 1.18 bits per heavy atom. The predicted molar refractivity (Wildman–Crippen MR) is 110 cm³/mol. The summed E-state index contributed by atoms with van der Waals surface area (Å²) in [5, 5.41) is 11.4. The van der Waals surface area contributed by atoms with Crippen LogP contribution in [0.1, 0.15) is 25.0 Å². The van der Waals surface area contributed by atoms with Crippen LogP contribution in [0, 0.1) is 16.0 Å². The first-order valence-corrected chi connectivity index (χ1v) is 9.90. The van der Waals surface area contributed by atoms with Crippen molar-refractivity contribution in [2.75, 3.05) is 0 Å². The minimum atomic E-state index is -0.420. The number of para-hydroxylation sites is 1. The summed E-state index contributed by atoms with van der Waals surface area (Å²) in [6, 6.07) is 13.7. The average molecular weight is 394 g/mol. The lowest BCUT2D eigenvalue weighted by atomic mass is 10.1. The van der Waals surface area contributed by atoms with E-state index >= 15 is 0 Å². The van der Waals surface area contributed by atoms with Gasteiger partial charge in [0.25, 0.3) is 11.6 Å². The van der Waals surface area contributed by atoms with Crippen LogP contribution in [0.5, 0.6) is 0 Å². The minimum absolute atomic E-state index is 0.0570.